The van der Waals surface area contributed by atoms with E-state index in [1.54, 1.807) is 14.0 Å². The average molecular weight is 311 g/mol. The summed E-state index contributed by atoms with van der Waals surface area (Å²) < 4.78 is 5.10. The van der Waals surface area contributed by atoms with Gasteiger partial charge in [0.05, 0.1) is 12.8 Å². The van der Waals surface area contributed by atoms with E-state index in [1.165, 1.54) is 0 Å². The second-order valence-corrected chi connectivity index (χ2v) is 5.13. The first-order valence-electron chi connectivity index (χ1n) is 7.40. The molecule has 0 saturated heterocycles. The second kappa shape index (κ2) is 7.98. The van der Waals surface area contributed by atoms with Gasteiger partial charge in [0.25, 0.3) is 5.91 Å². The number of ether oxygens (including phenoxy) is 1. The van der Waals surface area contributed by atoms with E-state index in [-0.39, 0.29) is 5.91 Å². The van der Waals surface area contributed by atoms with Gasteiger partial charge in [-0.05, 0) is 43.7 Å². The van der Waals surface area contributed by atoms with Crippen LogP contribution in [0.5, 0.6) is 5.75 Å². The number of methoxy groups -OCH3 is 1. The fraction of sp³-hybridized carbons (Fsp3) is 0.222. The Morgan fingerprint density at radius 3 is 2.35 bits per heavy atom. The van der Waals surface area contributed by atoms with E-state index in [4.69, 9.17) is 4.74 Å². The summed E-state index contributed by atoms with van der Waals surface area (Å²) in [6.45, 7) is 3.64. The number of rotatable bonds is 6. The fourth-order valence-electron chi connectivity index (χ4n) is 1.98. The van der Waals surface area contributed by atoms with Gasteiger partial charge in [-0.1, -0.05) is 30.3 Å². The molecule has 5 nitrogen and oxygen atoms in total. The summed E-state index contributed by atoms with van der Waals surface area (Å²) in [5.41, 5.74) is 5.17. The van der Waals surface area contributed by atoms with Crippen molar-refractivity contribution in [1.29, 1.82) is 0 Å². The van der Waals surface area contributed by atoms with Gasteiger partial charge in [0.1, 0.15) is 11.8 Å². The molecule has 0 bridgehead atoms. The number of carbonyl (C=O) groups excluding carboxylic acids is 1. The summed E-state index contributed by atoms with van der Waals surface area (Å²) in [5.74, 6) is 0.576. The molecule has 2 aromatic rings. The molecule has 2 aromatic carbocycles. The molecule has 2 rings (SSSR count). The Labute approximate surface area is 136 Å². The van der Waals surface area contributed by atoms with Crippen molar-refractivity contribution < 1.29 is 9.53 Å². The zero-order valence-electron chi connectivity index (χ0n) is 13.5. The van der Waals surface area contributed by atoms with Crippen molar-refractivity contribution in [2.24, 2.45) is 5.10 Å². The Morgan fingerprint density at radius 1 is 1.09 bits per heavy atom. The van der Waals surface area contributed by atoms with Crippen LogP contribution in [0.3, 0.4) is 0 Å². The summed E-state index contributed by atoms with van der Waals surface area (Å²) in [5, 5.41) is 7.26. The van der Waals surface area contributed by atoms with Crippen LogP contribution in [0.25, 0.3) is 0 Å². The van der Waals surface area contributed by atoms with Gasteiger partial charge in [-0.3, -0.25) is 4.79 Å². The van der Waals surface area contributed by atoms with Crippen molar-refractivity contribution in [3.05, 3.63) is 60.2 Å². The molecule has 2 N–H and O–H groups in total. The molecular formula is C18H21N3O2. The summed E-state index contributed by atoms with van der Waals surface area (Å²) in [4.78, 5) is 12.1. The zero-order valence-corrected chi connectivity index (χ0v) is 13.5. The monoisotopic (exact) mass is 311 g/mol. The van der Waals surface area contributed by atoms with E-state index in [1.807, 2.05) is 61.5 Å². The molecule has 0 spiro atoms. The van der Waals surface area contributed by atoms with Gasteiger partial charge >= 0.3 is 0 Å². The molecule has 0 aliphatic heterocycles. The van der Waals surface area contributed by atoms with E-state index in [0.29, 0.717) is 0 Å². The number of nitrogens with one attached hydrogen (secondary N) is 2. The molecule has 120 valence electrons. The maximum absolute atomic E-state index is 12.1. The molecule has 0 fully saturated rings. The van der Waals surface area contributed by atoms with Gasteiger partial charge in [-0.25, -0.2) is 5.43 Å². The van der Waals surface area contributed by atoms with Crippen LogP contribution in [0.1, 0.15) is 19.4 Å². The first kappa shape index (κ1) is 16.5. The van der Waals surface area contributed by atoms with Crippen LogP contribution in [-0.2, 0) is 4.79 Å². The van der Waals surface area contributed by atoms with E-state index < -0.39 is 6.04 Å². The lowest BCUT2D eigenvalue weighted by Gasteiger charge is -2.14. The third-order valence-corrected chi connectivity index (χ3v) is 3.39. The Balaban J connectivity index is 1.91. The van der Waals surface area contributed by atoms with Crippen LogP contribution in [0.2, 0.25) is 0 Å². The van der Waals surface area contributed by atoms with Gasteiger partial charge in [0.15, 0.2) is 0 Å². The maximum atomic E-state index is 12.1. The van der Waals surface area contributed by atoms with E-state index in [9.17, 15) is 4.79 Å². The maximum Gasteiger partial charge on any atom is 0.262 e. The second-order valence-electron chi connectivity index (χ2n) is 5.13. The summed E-state index contributed by atoms with van der Waals surface area (Å²) in [6.07, 6.45) is 0. The van der Waals surface area contributed by atoms with Crippen molar-refractivity contribution in [1.82, 2.24) is 5.43 Å². The quantitative estimate of drug-likeness (QED) is 0.637. The van der Waals surface area contributed by atoms with Crippen LogP contribution in [0.15, 0.2) is 59.7 Å². The number of hydrogen-bond donors (Lipinski definition) is 2. The highest BCUT2D eigenvalue weighted by Gasteiger charge is 2.12. The summed E-state index contributed by atoms with van der Waals surface area (Å²) >= 11 is 0. The van der Waals surface area contributed by atoms with Crippen LogP contribution < -0.4 is 15.5 Å². The number of anilines is 1. The molecule has 0 unspecified atom stereocenters. The third-order valence-electron chi connectivity index (χ3n) is 3.39. The molecular weight excluding hydrogens is 290 g/mol. The highest BCUT2D eigenvalue weighted by molar-refractivity contribution is 5.99. The highest BCUT2D eigenvalue weighted by atomic mass is 16.5. The zero-order chi connectivity index (χ0) is 16.7. The lowest BCUT2D eigenvalue weighted by Crippen LogP contribution is -2.35. The number of hydrazone groups is 1. The third kappa shape index (κ3) is 4.85. The minimum Gasteiger partial charge on any atom is -0.497 e. The minimum absolute atomic E-state index is 0.198. The predicted octanol–water partition coefficient (Wildman–Crippen LogP) is 3.04. The van der Waals surface area contributed by atoms with Crippen LogP contribution in [0.4, 0.5) is 5.69 Å². The van der Waals surface area contributed by atoms with Crippen LogP contribution in [0, 0.1) is 0 Å². The van der Waals surface area contributed by atoms with E-state index in [0.717, 1.165) is 22.7 Å². The van der Waals surface area contributed by atoms with Gasteiger partial charge in [0.2, 0.25) is 0 Å². The smallest absolute Gasteiger partial charge is 0.262 e. The largest absolute Gasteiger partial charge is 0.497 e. The Bertz CT molecular complexity index is 666. The van der Waals surface area contributed by atoms with Gasteiger partial charge in [-0.15, -0.1) is 0 Å². The molecule has 0 aromatic heterocycles. The fourth-order valence-corrected chi connectivity index (χ4v) is 1.98. The van der Waals surface area contributed by atoms with Crippen molar-refractivity contribution in [3.8, 4) is 5.75 Å². The number of hydrogen-bond acceptors (Lipinski definition) is 4. The SMILES string of the molecule is COc1ccc(N[C@@H](C)C(=O)NN=C(C)c2ccccc2)cc1. The van der Waals surface area contributed by atoms with Gasteiger partial charge < -0.3 is 10.1 Å². The van der Waals surface area contributed by atoms with E-state index in [2.05, 4.69) is 15.8 Å². The van der Waals surface area contributed by atoms with Gasteiger partial charge in [0, 0.05) is 5.69 Å². The predicted molar refractivity (Wildman–Crippen MR) is 92.9 cm³/mol. The van der Waals surface area contributed by atoms with Crippen LogP contribution in [-0.4, -0.2) is 24.8 Å². The molecule has 1 atom stereocenters. The summed E-state index contributed by atoms with van der Waals surface area (Å²) in [6, 6.07) is 16.7. The molecule has 0 aliphatic rings. The molecule has 0 radical (unpaired) electrons. The Hall–Kier alpha value is -2.82. The average Bonchev–Trinajstić information content (AvgIpc) is 2.60. The first-order chi connectivity index (χ1) is 11.1. The molecule has 0 heterocycles. The van der Waals surface area contributed by atoms with Crippen molar-refractivity contribution in [2.45, 2.75) is 19.9 Å². The Morgan fingerprint density at radius 2 is 1.74 bits per heavy atom. The number of nitrogens with zero attached hydrogens (tertiary/aromatic N) is 1. The lowest BCUT2D eigenvalue weighted by molar-refractivity contribution is -0.121. The van der Waals surface area contributed by atoms with Crippen LogP contribution >= 0.6 is 0 Å². The molecule has 1 amide bonds. The molecule has 0 saturated carbocycles. The first-order valence-corrected chi connectivity index (χ1v) is 7.40. The molecule has 23 heavy (non-hydrogen) atoms. The highest BCUT2D eigenvalue weighted by Crippen LogP contribution is 2.15. The topological polar surface area (TPSA) is 62.7 Å². The van der Waals surface area contributed by atoms with Crippen molar-refractivity contribution in [2.75, 3.05) is 12.4 Å². The standard InChI is InChI=1S/C18H21N3O2/c1-13(15-7-5-4-6-8-15)20-21-18(22)14(2)19-16-9-11-17(23-3)12-10-16/h4-12,14,19H,1-3H3,(H,21,22)/t14-/m0/s1. The van der Waals surface area contributed by atoms with Crippen molar-refractivity contribution >= 4 is 17.3 Å². The number of benzene rings is 2. The normalized spacial score (nSPS) is 12.4. The molecule has 0 aliphatic carbocycles. The minimum atomic E-state index is -0.407. The summed E-state index contributed by atoms with van der Waals surface area (Å²) in [7, 11) is 1.62. The van der Waals surface area contributed by atoms with E-state index >= 15 is 0 Å². The molecule has 5 heteroatoms. The number of amides is 1. The van der Waals surface area contributed by atoms with Crippen molar-refractivity contribution in [3.63, 3.8) is 0 Å². The van der Waals surface area contributed by atoms with Gasteiger partial charge in [-0.2, -0.15) is 5.10 Å². The number of carbonyl (C=O) groups is 1. The lowest BCUT2D eigenvalue weighted by atomic mass is 10.1. The Kier molecular flexibility index (Phi) is 5.74.